The summed E-state index contributed by atoms with van der Waals surface area (Å²) in [5.74, 6) is 0.671. The van der Waals surface area contributed by atoms with Crippen LogP contribution in [0.1, 0.15) is 38.5 Å². The minimum absolute atomic E-state index is 0.560. The zero-order valence-corrected chi connectivity index (χ0v) is 8.87. The second kappa shape index (κ2) is 4.79. The van der Waals surface area contributed by atoms with Crippen LogP contribution in [-0.2, 0) is 4.74 Å². The molecular formula is C13H20O. The van der Waals surface area contributed by atoms with Crippen molar-refractivity contribution < 1.29 is 4.74 Å². The minimum Gasteiger partial charge on any atom is -0.378 e. The maximum Gasteiger partial charge on any atom is 0.0575 e. The molecule has 0 aromatic rings. The maximum atomic E-state index is 5.90. The average Bonchev–Trinajstić information content (AvgIpc) is 2.17. The van der Waals surface area contributed by atoms with Crippen LogP contribution in [0.4, 0.5) is 0 Å². The lowest BCUT2D eigenvalue weighted by Gasteiger charge is -2.27. The Morgan fingerprint density at radius 1 is 1.36 bits per heavy atom. The summed E-state index contributed by atoms with van der Waals surface area (Å²) in [6.07, 6.45) is 12.7. The van der Waals surface area contributed by atoms with Crippen molar-refractivity contribution in [3.05, 3.63) is 24.3 Å². The highest BCUT2D eigenvalue weighted by molar-refractivity contribution is 5.26. The van der Waals surface area contributed by atoms with Crippen molar-refractivity contribution in [2.24, 2.45) is 5.92 Å². The Balaban J connectivity index is 1.63. The monoisotopic (exact) mass is 192 g/mol. The molecule has 2 rings (SSSR count). The number of hydrogen-bond donors (Lipinski definition) is 0. The molecule has 0 aliphatic heterocycles. The SMILES string of the molecule is C=CC1=CC(COC2CCCCC2)C1. The van der Waals surface area contributed by atoms with Crippen molar-refractivity contribution in [2.45, 2.75) is 44.6 Å². The molecule has 0 N–H and O–H groups in total. The molecule has 1 unspecified atom stereocenters. The molecule has 78 valence electrons. The van der Waals surface area contributed by atoms with Gasteiger partial charge in [-0.05, 0) is 19.3 Å². The number of rotatable bonds is 4. The fourth-order valence-electron chi connectivity index (χ4n) is 2.32. The third-order valence-corrected chi connectivity index (χ3v) is 3.31. The van der Waals surface area contributed by atoms with Crippen LogP contribution in [0.15, 0.2) is 24.3 Å². The summed E-state index contributed by atoms with van der Waals surface area (Å²) in [5.41, 5.74) is 1.39. The van der Waals surface area contributed by atoms with Crippen molar-refractivity contribution in [2.75, 3.05) is 6.61 Å². The van der Waals surface area contributed by atoms with Gasteiger partial charge in [-0.2, -0.15) is 0 Å². The van der Waals surface area contributed by atoms with E-state index >= 15 is 0 Å². The first kappa shape index (κ1) is 9.97. The smallest absolute Gasteiger partial charge is 0.0575 e. The molecule has 1 saturated carbocycles. The van der Waals surface area contributed by atoms with Gasteiger partial charge in [0.2, 0.25) is 0 Å². The summed E-state index contributed by atoms with van der Waals surface area (Å²) < 4.78 is 5.90. The molecule has 2 aliphatic rings. The van der Waals surface area contributed by atoms with E-state index < -0.39 is 0 Å². The first-order valence-corrected chi connectivity index (χ1v) is 5.83. The van der Waals surface area contributed by atoms with Crippen LogP contribution < -0.4 is 0 Å². The molecular weight excluding hydrogens is 172 g/mol. The molecule has 0 radical (unpaired) electrons. The molecule has 1 fully saturated rings. The third-order valence-electron chi connectivity index (χ3n) is 3.31. The molecule has 0 aromatic carbocycles. The van der Waals surface area contributed by atoms with Crippen LogP contribution in [0.25, 0.3) is 0 Å². The van der Waals surface area contributed by atoms with Crippen LogP contribution in [0.3, 0.4) is 0 Å². The van der Waals surface area contributed by atoms with E-state index in [1.165, 1.54) is 44.1 Å². The fourth-order valence-corrected chi connectivity index (χ4v) is 2.32. The second-order valence-electron chi connectivity index (χ2n) is 4.50. The Morgan fingerprint density at radius 3 is 2.71 bits per heavy atom. The van der Waals surface area contributed by atoms with E-state index in [0.717, 1.165) is 6.61 Å². The molecule has 1 nitrogen and oxygen atoms in total. The molecule has 0 amide bonds. The highest BCUT2D eigenvalue weighted by Crippen LogP contribution is 2.28. The van der Waals surface area contributed by atoms with Gasteiger partial charge in [-0.3, -0.25) is 0 Å². The lowest BCUT2D eigenvalue weighted by Crippen LogP contribution is -2.23. The molecule has 0 heterocycles. The van der Waals surface area contributed by atoms with E-state index in [2.05, 4.69) is 12.7 Å². The number of ether oxygens (including phenoxy) is 1. The van der Waals surface area contributed by atoms with Crippen LogP contribution in [0.2, 0.25) is 0 Å². The van der Waals surface area contributed by atoms with Crippen molar-refractivity contribution in [3.8, 4) is 0 Å². The van der Waals surface area contributed by atoms with Gasteiger partial charge in [-0.1, -0.05) is 43.6 Å². The predicted molar refractivity (Wildman–Crippen MR) is 59.2 cm³/mol. The summed E-state index contributed by atoms with van der Waals surface area (Å²) in [6, 6.07) is 0. The van der Waals surface area contributed by atoms with E-state index in [4.69, 9.17) is 4.74 Å². The molecule has 1 atom stereocenters. The summed E-state index contributed by atoms with van der Waals surface area (Å²) in [5, 5.41) is 0. The van der Waals surface area contributed by atoms with Gasteiger partial charge >= 0.3 is 0 Å². The Bertz CT molecular complexity index is 223. The summed E-state index contributed by atoms with van der Waals surface area (Å²) in [6.45, 7) is 4.69. The van der Waals surface area contributed by atoms with Gasteiger partial charge in [0.05, 0.1) is 12.7 Å². The van der Waals surface area contributed by atoms with E-state index in [1.807, 2.05) is 6.08 Å². The van der Waals surface area contributed by atoms with E-state index in [-0.39, 0.29) is 0 Å². The maximum absolute atomic E-state index is 5.90. The molecule has 0 spiro atoms. The molecule has 1 heteroatoms. The largest absolute Gasteiger partial charge is 0.378 e. The van der Waals surface area contributed by atoms with Crippen LogP contribution in [0.5, 0.6) is 0 Å². The van der Waals surface area contributed by atoms with Crippen molar-refractivity contribution in [1.29, 1.82) is 0 Å². The Hall–Kier alpha value is -0.560. The standard InChI is InChI=1S/C13H20O/c1-2-11-8-12(9-11)10-14-13-6-4-3-5-7-13/h2,8,12-13H,1,3-7,9-10H2. The molecule has 0 aromatic heterocycles. The van der Waals surface area contributed by atoms with Gasteiger partial charge in [0.1, 0.15) is 0 Å². The van der Waals surface area contributed by atoms with Crippen molar-refractivity contribution >= 4 is 0 Å². The zero-order chi connectivity index (χ0) is 9.80. The van der Waals surface area contributed by atoms with Gasteiger partial charge in [-0.25, -0.2) is 0 Å². The molecule has 0 saturated heterocycles. The van der Waals surface area contributed by atoms with Crippen LogP contribution in [0, 0.1) is 5.92 Å². The summed E-state index contributed by atoms with van der Waals surface area (Å²) in [7, 11) is 0. The van der Waals surface area contributed by atoms with E-state index in [0.29, 0.717) is 12.0 Å². The lowest BCUT2D eigenvalue weighted by atomic mass is 9.87. The lowest BCUT2D eigenvalue weighted by molar-refractivity contribution is 0.0128. The second-order valence-corrected chi connectivity index (χ2v) is 4.50. The molecule has 14 heavy (non-hydrogen) atoms. The first-order valence-electron chi connectivity index (χ1n) is 5.83. The average molecular weight is 192 g/mol. The van der Waals surface area contributed by atoms with Crippen molar-refractivity contribution in [3.63, 3.8) is 0 Å². The Morgan fingerprint density at radius 2 is 2.07 bits per heavy atom. The van der Waals surface area contributed by atoms with Gasteiger partial charge < -0.3 is 4.74 Å². The summed E-state index contributed by atoms with van der Waals surface area (Å²) >= 11 is 0. The quantitative estimate of drug-likeness (QED) is 0.662. The molecule has 2 aliphatic carbocycles. The van der Waals surface area contributed by atoms with Crippen LogP contribution in [-0.4, -0.2) is 12.7 Å². The number of allylic oxidation sites excluding steroid dienone is 2. The number of hydrogen-bond acceptors (Lipinski definition) is 1. The van der Waals surface area contributed by atoms with Gasteiger partial charge in [-0.15, -0.1) is 0 Å². The Labute approximate surface area is 86.8 Å². The predicted octanol–water partition coefficient (Wildman–Crippen LogP) is 3.47. The van der Waals surface area contributed by atoms with E-state index in [9.17, 15) is 0 Å². The topological polar surface area (TPSA) is 9.23 Å². The molecule has 0 bridgehead atoms. The highest BCUT2D eigenvalue weighted by atomic mass is 16.5. The van der Waals surface area contributed by atoms with Gasteiger partial charge in [0.15, 0.2) is 0 Å². The fraction of sp³-hybridized carbons (Fsp3) is 0.692. The highest BCUT2D eigenvalue weighted by Gasteiger charge is 2.20. The minimum atomic E-state index is 0.560. The van der Waals surface area contributed by atoms with Gasteiger partial charge in [0.25, 0.3) is 0 Å². The normalized spacial score (nSPS) is 28.0. The van der Waals surface area contributed by atoms with Gasteiger partial charge in [0, 0.05) is 5.92 Å². The summed E-state index contributed by atoms with van der Waals surface area (Å²) in [4.78, 5) is 0. The first-order chi connectivity index (χ1) is 6.88. The van der Waals surface area contributed by atoms with Crippen LogP contribution >= 0.6 is 0 Å². The van der Waals surface area contributed by atoms with E-state index in [1.54, 1.807) is 0 Å². The van der Waals surface area contributed by atoms with Crippen molar-refractivity contribution in [1.82, 2.24) is 0 Å². The Kier molecular flexibility index (Phi) is 3.41. The third kappa shape index (κ3) is 2.48. The zero-order valence-electron chi connectivity index (χ0n) is 8.87.